The van der Waals surface area contributed by atoms with Gasteiger partial charge >= 0.3 is 12.1 Å². The second-order valence-electron chi connectivity index (χ2n) is 11.3. The van der Waals surface area contributed by atoms with Gasteiger partial charge in [0.15, 0.2) is 0 Å². The van der Waals surface area contributed by atoms with Crippen LogP contribution < -0.4 is 0 Å². The van der Waals surface area contributed by atoms with Gasteiger partial charge < -0.3 is 14.7 Å². The predicted molar refractivity (Wildman–Crippen MR) is 164 cm³/mol. The summed E-state index contributed by atoms with van der Waals surface area (Å²) >= 11 is 0. The topological polar surface area (TPSA) is 90.4 Å². The summed E-state index contributed by atoms with van der Waals surface area (Å²) in [4.78, 5) is 41.8. The van der Waals surface area contributed by atoms with Crippen molar-refractivity contribution in [2.75, 3.05) is 20.1 Å². The molecule has 224 valence electrons. The quantitative estimate of drug-likeness (QED) is 0.253. The number of hydrazine groups is 1. The van der Waals surface area contributed by atoms with Gasteiger partial charge in [-0.15, -0.1) is 0 Å². The highest BCUT2D eigenvalue weighted by atomic mass is 16.6. The van der Waals surface area contributed by atoms with E-state index in [0.717, 1.165) is 11.1 Å². The average molecular weight is 574 g/mol. The van der Waals surface area contributed by atoms with E-state index in [-0.39, 0.29) is 25.4 Å². The first-order chi connectivity index (χ1) is 20.0. The van der Waals surface area contributed by atoms with Crippen molar-refractivity contribution in [3.8, 4) is 0 Å². The molecule has 8 heteroatoms. The van der Waals surface area contributed by atoms with Gasteiger partial charge in [-0.05, 0) is 57.2 Å². The van der Waals surface area contributed by atoms with E-state index in [1.165, 1.54) is 5.01 Å². The lowest BCUT2D eigenvalue weighted by Gasteiger charge is -2.41. The summed E-state index contributed by atoms with van der Waals surface area (Å²) in [6, 6.07) is 27.6. The molecule has 0 aliphatic rings. The Morgan fingerprint density at radius 1 is 0.833 bits per heavy atom. The normalized spacial score (nSPS) is 12.8. The van der Waals surface area contributed by atoms with Gasteiger partial charge in [-0.2, -0.15) is 0 Å². The van der Waals surface area contributed by atoms with Crippen molar-refractivity contribution in [1.29, 1.82) is 0 Å². The smallest absolute Gasteiger partial charge is 0.424 e. The molecule has 8 nitrogen and oxygen atoms in total. The fourth-order valence-electron chi connectivity index (χ4n) is 4.90. The van der Waals surface area contributed by atoms with Crippen molar-refractivity contribution in [1.82, 2.24) is 14.9 Å². The lowest BCUT2D eigenvalue weighted by atomic mass is 9.95. The number of hydrogen-bond donors (Lipinski definition) is 1. The van der Waals surface area contributed by atoms with Gasteiger partial charge in [0.1, 0.15) is 11.6 Å². The second kappa shape index (κ2) is 15.2. The van der Waals surface area contributed by atoms with Crippen molar-refractivity contribution >= 4 is 18.0 Å². The minimum Gasteiger partial charge on any atom is -0.481 e. The molecule has 3 aromatic rings. The lowest BCUT2D eigenvalue weighted by Crippen LogP contribution is -2.58. The third-order valence-electron chi connectivity index (χ3n) is 6.92. The molecule has 0 saturated heterocycles. The van der Waals surface area contributed by atoms with E-state index in [2.05, 4.69) is 0 Å². The van der Waals surface area contributed by atoms with Crippen LogP contribution in [0.2, 0.25) is 0 Å². The molecule has 0 aliphatic heterocycles. The Hall–Kier alpha value is -4.17. The zero-order chi connectivity index (χ0) is 30.7. The molecule has 3 aromatic carbocycles. The second-order valence-corrected chi connectivity index (χ2v) is 11.3. The van der Waals surface area contributed by atoms with Crippen molar-refractivity contribution in [2.24, 2.45) is 0 Å². The van der Waals surface area contributed by atoms with Crippen molar-refractivity contribution in [3.05, 3.63) is 108 Å². The highest BCUT2D eigenvalue weighted by molar-refractivity contribution is 5.82. The van der Waals surface area contributed by atoms with Crippen LogP contribution in [0.25, 0.3) is 0 Å². The molecule has 0 aliphatic carbocycles. The molecule has 1 N–H and O–H groups in total. The number of ether oxygens (including phenoxy) is 1. The summed E-state index contributed by atoms with van der Waals surface area (Å²) in [6.07, 6.45) is -0.0889. The Balaban J connectivity index is 2.03. The Morgan fingerprint density at radius 3 is 1.86 bits per heavy atom. The van der Waals surface area contributed by atoms with Gasteiger partial charge in [-0.25, -0.2) is 14.8 Å². The van der Waals surface area contributed by atoms with Crippen LogP contribution in [0.1, 0.15) is 56.7 Å². The number of rotatable bonds is 13. The monoisotopic (exact) mass is 573 g/mol. The first kappa shape index (κ1) is 32.3. The molecule has 3 rings (SSSR count). The van der Waals surface area contributed by atoms with E-state index >= 15 is 0 Å². The molecule has 0 spiro atoms. The Labute approximate surface area is 249 Å². The van der Waals surface area contributed by atoms with E-state index in [4.69, 9.17) is 4.74 Å². The molecule has 0 radical (unpaired) electrons. The maximum atomic E-state index is 14.3. The number of carbonyl (C=O) groups is 3. The first-order valence-electron chi connectivity index (χ1n) is 14.4. The maximum Gasteiger partial charge on any atom is 0.424 e. The van der Waals surface area contributed by atoms with E-state index in [0.29, 0.717) is 18.5 Å². The molecule has 2 atom stereocenters. The van der Waals surface area contributed by atoms with Gasteiger partial charge in [0.2, 0.25) is 5.91 Å². The van der Waals surface area contributed by atoms with E-state index in [9.17, 15) is 19.5 Å². The molecular weight excluding hydrogens is 530 g/mol. The molecular formula is C34H43N3O5. The van der Waals surface area contributed by atoms with E-state index in [1.807, 2.05) is 85.8 Å². The van der Waals surface area contributed by atoms with Crippen LogP contribution in [0.15, 0.2) is 91.0 Å². The molecule has 2 amide bonds. The summed E-state index contributed by atoms with van der Waals surface area (Å²) in [5.74, 6) is -1.97. The zero-order valence-electron chi connectivity index (χ0n) is 25.3. The first-order valence-corrected chi connectivity index (χ1v) is 14.4. The summed E-state index contributed by atoms with van der Waals surface area (Å²) in [5, 5.41) is 13.3. The molecule has 0 aromatic heterocycles. The Bertz CT molecular complexity index is 1280. The van der Waals surface area contributed by atoms with Gasteiger partial charge in [-0.1, -0.05) is 91.0 Å². The molecule has 42 heavy (non-hydrogen) atoms. The van der Waals surface area contributed by atoms with Crippen LogP contribution in [0.3, 0.4) is 0 Å². The standard InChI is InChI=1S/C34H43N3O5/c1-6-36(33(41)42-34(2,3)4)37(23-22-29(32(39)40)28-20-14-9-15-21-28)30(24-26-16-10-7-11-17-26)31(38)35(5)25-27-18-12-8-13-19-27/h7-21,29-30H,6,22-25H2,1-5H3,(H,39,40)/t29-,30-/m0/s1. The number of likely N-dealkylation sites (N-methyl/N-ethyl adjacent to an activating group) is 1. The Morgan fingerprint density at radius 2 is 1.36 bits per heavy atom. The summed E-state index contributed by atoms with van der Waals surface area (Å²) in [5.41, 5.74) is 1.81. The predicted octanol–water partition coefficient (Wildman–Crippen LogP) is 5.99. The van der Waals surface area contributed by atoms with Crippen LogP contribution in [0.4, 0.5) is 4.79 Å². The summed E-state index contributed by atoms with van der Waals surface area (Å²) in [6.45, 7) is 7.96. The van der Waals surface area contributed by atoms with Crippen LogP contribution in [-0.4, -0.2) is 69.8 Å². The third-order valence-corrected chi connectivity index (χ3v) is 6.92. The average Bonchev–Trinajstić information content (AvgIpc) is 2.96. The number of carboxylic acid groups (broad SMARTS) is 1. The Kier molecular flexibility index (Phi) is 11.7. The van der Waals surface area contributed by atoms with Crippen molar-refractivity contribution in [3.63, 3.8) is 0 Å². The molecule has 0 saturated carbocycles. The number of nitrogens with zero attached hydrogens (tertiary/aromatic N) is 3. The largest absolute Gasteiger partial charge is 0.481 e. The maximum absolute atomic E-state index is 14.3. The minimum absolute atomic E-state index is 0.140. The van der Waals surface area contributed by atoms with Crippen LogP contribution in [-0.2, 0) is 27.3 Å². The SMILES string of the molecule is CCN(C(=O)OC(C)(C)C)N(CC[C@H](C(=O)O)c1ccccc1)[C@@H](Cc1ccccc1)C(=O)N(C)Cc1ccccc1. The van der Waals surface area contributed by atoms with Crippen LogP contribution in [0.5, 0.6) is 0 Å². The van der Waals surface area contributed by atoms with Crippen LogP contribution >= 0.6 is 0 Å². The summed E-state index contributed by atoms with van der Waals surface area (Å²) < 4.78 is 5.75. The fraction of sp³-hybridized carbons (Fsp3) is 0.382. The highest BCUT2D eigenvalue weighted by Gasteiger charge is 2.37. The molecule has 0 heterocycles. The summed E-state index contributed by atoms with van der Waals surface area (Å²) in [7, 11) is 1.75. The van der Waals surface area contributed by atoms with Crippen molar-refractivity contribution < 1.29 is 24.2 Å². The van der Waals surface area contributed by atoms with Gasteiger partial charge in [-0.3, -0.25) is 9.59 Å². The lowest BCUT2D eigenvalue weighted by molar-refractivity contribution is -0.146. The molecule has 0 unspecified atom stereocenters. The zero-order valence-corrected chi connectivity index (χ0v) is 25.3. The third kappa shape index (κ3) is 9.45. The molecule has 0 bridgehead atoms. The minimum atomic E-state index is -0.964. The number of aliphatic carboxylic acids is 1. The van der Waals surface area contributed by atoms with Crippen LogP contribution in [0, 0.1) is 0 Å². The number of amides is 2. The molecule has 0 fully saturated rings. The number of benzene rings is 3. The van der Waals surface area contributed by atoms with E-state index < -0.39 is 29.6 Å². The number of hydrogen-bond acceptors (Lipinski definition) is 5. The van der Waals surface area contributed by atoms with Crippen molar-refractivity contribution in [2.45, 2.75) is 64.6 Å². The van der Waals surface area contributed by atoms with Gasteiger partial charge in [0.05, 0.1) is 5.92 Å². The van der Waals surface area contributed by atoms with Gasteiger partial charge in [0, 0.05) is 26.7 Å². The van der Waals surface area contributed by atoms with Gasteiger partial charge in [0.25, 0.3) is 0 Å². The van der Waals surface area contributed by atoms with E-state index in [1.54, 1.807) is 49.9 Å². The highest BCUT2D eigenvalue weighted by Crippen LogP contribution is 2.24. The fourth-order valence-corrected chi connectivity index (χ4v) is 4.90. The number of carbonyl (C=O) groups excluding carboxylic acids is 2. The number of carboxylic acids is 1.